The number of pyridine rings is 1. The van der Waals surface area contributed by atoms with E-state index in [-0.39, 0.29) is 23.5 Å². The molecule has 0 saturated carbocycles. The lowest BCUT2D eigenvalue weighted by Crippen LogP contribution is -2.44. The Morgan fingerprint density at radius 1 is 1.31 bits per heavy atom. The van der Waals surface area contributed by atoms with E-state index in [4.69, 9.17) is 0 Å². The van der Waals surface area contributed by atoms with Crippen LogP contribution in [0.15, 0.2) is 23.4 Å². The predicted molar refractivity (Wildman–Crippen MR) is 104 cm³/mol. The maximum Gasteiger partial charge on any atom is 0.241 e. The van der Waals surface area contributed by atoms with Crippen LogP contribution in [0.2, 0.25) is 0 Å². The summed E-state index contributed by atoms with van der Waals surface area (Å²) in [5, 5.41) is 0.486. The summed E-state index contributed by atoms with van der Waals surface area (Å²) in [5.74, 6) is 0.130. The maximum absolute atomic E-state index is 13.0. The molecule has 2 amide bonds. The third kappa shape index (κ3) is 4.38. The fourth-order valence-electron chi connectivity index (χ4n) is 3.42. The zero-order valence-corrected chi connectivity index (χ0v) is 16.5. The molecule has 3 heterocycles. The lowest BCUT2D eigenvalue weighted by molar-refractivity contribution is -0.132. The van der Waals surface area contributed by atoms with Gasteiger partial charge in [0.15, 0.2) is 0 Å². The van der Waals surface area contributed by atoms with Crippen molar-refractivity contribution >= 4 is 29.3 Å². The summed E-state index contributed by atoms with van der Waals surface area (Å²) in [6.07, 6.45) is 4.97. The fourth-order valence-corrected chi connectivity index (χ4v) is 4.56. The third-order valence-electron chi connectivity index (χ3n) is 5.00. The summed E-state index contributed by atoms with van der Waals surface area (Å²) in [4.78, 5) is 36.3. The van der Waals surface area contributed by atoms with Gasteiger partial charge in [-0.3, -0.25) is 9.59 Å². The molecule has 142 valence electrons. The first-order chi connectivity index (χ1) is 12.6. The van der Waals surface area contributed by atoms with Gasteiger partial charge < -0.3 is 14.7 Å². The van der Waals surface area contributed by atoms with Gasteiger partial charge in [0, 0.05) is 38.8 Å². The van der Waals surface area contributed by atoms with Crippen LogP contribution in [0.1, 0.15) is 32.6 Å². The Morgan fingerprint density at radius 3 is 2.96 bits per heavy atom. The molecule has 1 atom stereocenters. The fraction of sp³-hybridized carbons (Fsp3) is 0.632. The van der Waals surface area contributed by atoms with Crippen LogP contribution in [-0.2, 0) is 9.59 Å². The summed E-state index contributed by atoms with van der Waals surface area (Å²) < 4.78 is 0. The van der Waals surface area contributed by atoms with Crippen molar-refractivity contribution in [1.82, 2.24) is 14.8 Å². The molecule has 3 rings (SSSR count). The monoisotopic (exact) mass is 376 g/mol. The molecule has 7 heteroatoms. The molecule has 0 aliphatic carbocycles. The Bertz CT molecular complexity index is 654. The number of likely N-dealkylation sites (N-methyl/N-ethyl adjacent to an activating group) is 1. The van der Waals surface area contributed by atoms with Crippen molar-refractivity contribution in [2.45, 2.75) is 42.9 Å². The summed E-state index contributed by atoms with van der Waals surface area (Å²) >= 11 is 1.44. The van der Waals surface area contributed by atoms with Crippen molar-refractivity contribution in [2.75, 3.05) is 44.7 Å². The van der Waals surface area contributed by atoms with Gasteiger partial charge >= 0.3 is 0 Å². The number of rotatable bonds is 5. The Labute approximate surface area is 159 Å². The first-order valence-electron chi connectivity index (χ1n) is 9.49. The summed E-state index contributed by atoms with van der Waals surface area (Å²) in [6, 6.07) is 3.82. The zero-order valence-electron chi connectivity index (χ0n) is 15.7. The highest BCUT2D eigenvalue weighted by Gasteiger charge is 2.36. The molecule has 0 unspecified atom stereocenters. The van der Waals surface area contributed by atoms with Crippen molar-refractivity contribution < 1.29 is 9.59 Å². The average Bonchev–Trinajstić information content (AvgIpc) is 2.86. The van der Waals surface area contributed by atoms with Gasteiger partial charge in [0.25, 0.3) is 0 Å². The molecular weight excluding hydrogens is 348 g/mol. The van der Waals surface area contributed by atoms with Gasteiger partial charge in [-0.2, -0.15) is 0 Å². The number of anilines is 1. The van der Waals surface area contributed by atoms with E-state index < -0.39 is 0 Å². The zero-order chi connectivity index (χ0) is 18.5. The topological polar surface area (TPSA) is 56.8 Å². The SMILES string of the molecule is CCCCN1C(=O)[C@H](CC(=O)N2CCCN(C)CC2)Sc2ncccc21. The number of carbonyl (C=O) groups is 2. The van der Waals surface area contributed by atoms with Crippen LogP contribution >= 0.6 is 11.8 Å². The molecule has 0 N–H and O–H groups in total. The molecule has 0 aromatic carbocycles. The molecule has 6 nitrogen and oxygen atoms in total. The highest BCUT2D eigenvalue weighted by atomic mass is 32.2. The maximum atomic E-state index is 13.0. The predicted octanol–water partition coefficient (Wildman–Crippen LogP) is 2.24. The van der Waals surface area contributed by atoms with E-state index in [1.807, 2.05) is 21.9 Å². The number of hydrogen-bond acceptors (Lipinski definition) is 5. The first-order valence-corrected chi connectivity index (χ1v) is 10.4. The van der Waals surface area contributed by atoms with Crippen LogP contribution in [0.25, 0.3) is 0 Å². The molecule has 26 heavy (non-hydrogen) atoms. The van der Waals surface area contributed by atoms with Gasteiger partial charge in [-0.25, -0.2) is 4.98 Å². The highest BCUT2D eigenvalue weighted by Crippen LogP contribution is 2.39. The van der Waals surface area contributed by atoms with Crippen LogP contribution in [0.3, 0.4) is 0 Å². The third-order valence-corrected chi connectivity index (χ3v) is 6.20. The summed E-state index contributed by atoms with van der Waals surface area (Å²) in [6.45, 7) is 6.24. The number of carbonyl (C=O) groups excluding carboxylic acids is 2. The van der Waals surface area contributed by atoms with Crippen molar-refractivity contribution in [3.63, 3.8) is 0 Å². The van der Waals surface area contributed by atoms with Gasteiger partial charge in [0.05, 0.1) is 10.9 Å². The second kappa shape index (κ2) is 8.86. The Morgan fingerprint density at radius 2 is 2.15 bits per heavy atom. The molecule has 2 aliphatic rings. The molecule has 0 spiro atoms. The van der Waals surface area contributed by atoms with Crippen LogP contribution < -0.4 is 4.90 Å². The molecule has 2 aliphatic heterocycles. The average molecular weight is 377 g/mol. The molecule has 1 saturated heterocycles. The van der Waals surface area contributed by atoms with Crippen molar-refractivity contribution in [3.05, 3.63) is 18.3 Å². The molecule has 0 bridgehead atoms. The van der Waals surface area contributed by atoms with Crippen molar-refractivity contribution in [1.29, 1.82) is 0 Å². The minimum absolute atomic E-state index is 0.0456. The number of aromatic nitrogens is 1. The standard InChI is InChI=1S/C19H28N4O2S/c1-3-4-11-23-15-7-5-8-20-18(15)26-16(19(23)25)14-17(24)22-10-6-9-21(2)12-13-22/h5,7-8,16H,3-4,6,9-14H2,1-2H3/t16-/m0/s1. The van der Waals surface area contributed by atoms with Gasteiger partial charge in [0.1, 0.15) is 5.03 Å². The van der Waals surface area contributed by atoms with Crippen LogP contribution in [0.5, 0.6) is 0 Å². The lowest BCUT2D eigenvalue weighted by Gasteiger charge is -2.33. The highest BCUT2D eigenvalue weighted by molar-refractivity contribution is 8.00. The molecular formula is C19H28N4O2S. The van der Waals surface area contributed by atoms with E-state index in [2.05, 4.69) is 23.9 Å². The van der Waals surface area contributed by atoms with E-state index in [1.54, 1.807) is 6.20 Å². The lowest BCUT2D eigenvalue weighted by atomic mass is 10.2. The van der Waals surface area contributed by atoms with Crippen LogP contribution in [0.4, 0.5) is 5.69 Å². The van der Waals surface area contributed by atoms with Gasteiger partial charge in [-0.05, 0) is 38.6 Å². The summed E-state index contributed by atoms with van der Waals surface area (Å²) in [7, 11) is 2.09. The number of fused-ring (bicyclic) bond motifs is 1. The second-order valence-electron chi connectivity index (χ2n) is 7.02. The van der Waals surface area contributed by atoms with Crippen LogP contribution in [0, 0.1) is 0 Å². The smallest absolute Gasteiger partial charge is 0.241 e. The molecule has 1 aromatic rings. The molecule has 1 aromatic heterocycles. The van der Waals surface area contributed by atoms with Gasteiger partial charge in [-0.15, -0.1) is 0 Å². The van der Waals surface area contributed by atoms with Gasteiger partial charge in [0.2, 0.25) is 11.8 Å². The number of thioether (sulfide) groups is 1. The Hall–Kier alpha value is -1.60. The molecule has 1 fully saturated rings. The first kappa shape index (κ1) is 19.2. The quantitative estimate of drug-likeness (QED) is 0.789. The van der Waals surface area contributed by atoms with Gasteiger partial charge in [-0.1, -0.05) is 25.1 Å². The molecule has 0 radical (unpaired) electrons. The Balaban J connectivity index is 1.71. The van der Waals surface area contributed by atoms with E-state index in [1.165, 1.54) is 11.8 Å². The number of nitrogens with zero attached hydrogens (tertiary/aromatic N) is 4. The van der Waals surface area contributed by atoms with E-state index in [0.717, 1.165) is 56.2 Å². The minimum atomic E-state index is -0.372. The number of hydrogen-bond donors (Lipinski definition) is 0. The normalized spacial score (nSPS) is 21.5. The Kier molecular flexibility index (Phi) is 6.53. The number of unbranched alkanes of at least 4 members (excludes halogenated alkanes) is 1. The van der Waals surface area contributed by atoms with Crippen LogP contribution in [-0.4, -0.2) is 71.6 Å². The van der Waals surface area contributed by atoms with E-state index >= 15 is 0 Å². The van der Waals surface area contributed by atoms with E-state index in [9.17, 15) is 9.59 Å². The largest absolute Gasteiger partial charge is 0.341 e. The summed E-state index contributed by atoms with van der Waals surface area (Å²) in [5.41, 5.74) is 0.885. The number of amides is 2. The minimum Gasteiger partial charge on any atom is -0.341 e. The second-order valence-corrected chi connectivity index (χ2v) is 8.21. The van der Waals surface area contributed by atoms with Crippen molar-refractivity contribution in [2.24, 2.45) is 0 Å². The van der Waals surface area contributed by atoms with E-state index in [0.29, 0.717) is 6.54 Å². The van der Waals surface area contributed by atoms with Crippen molar-refractivity contribution in [3.8, 4) is 0 Å².